The fourth-order valence-corrected chi connectivity index (χ4v) is 3.14. The Balaban J connectivity index is 1.55. The van der Waals surface area contributed by atoms with Gasteiger partial charge in [-0.1, -0.05) is 48.6 Å². The second kappa shape index (κ2) is 7.16. The monoisotopic (exact) mass is 347 g/mol. The van der Waals surface area contributed by atoms with Gasteiger partial charge in [-0.15, -0.1) is 0 Å². The normalized spacial score (nSPS) is 16.5. The number of amides is 1. The molecule has 4 rings (SSSR count). The van der Waals surface area contributed by atoms with Gasteiger partial charge in [0.25, 0.3) is 5.91 Å². The third kappa shape index (κ3) is 3.69. The highest BCUT2D eigenvalue weighted by Gasteiger charge is 2.31. The van der Waals surface area contributed by atoms with Crippen LogP contribution in [0.15, 0.2) is 54.6 Å². The van der Waals surface area contributed by atoms with Crippen molar-refractivity contribution in [3.05, 3.63) is 76.9 Å². The summed E-state index contributed by atoms with van der Waals surface area (Å²) in [4.78, 5) is 25.3. The molecule has 1 saturated carbocycles. The van der Waals surface area contributed by atoms with Crippen molar-refractivity contribution >= 4 is 18.0 Å². The van der Waals surface area contributed by atoms with Crippen LogP contribution < -0.4 is 5.32 Å². The molecule has 0 aliphatic heterocycles. The Hall–Kier alpha value is -2.88. The topological polar surface area (TPSA) is 55.4 Å². The number of carbonyl (C=O) groups is 2. The third-order valence-electron chi connectivity index (χ3n) is 4.75. The van der Waals surface area contributed by atoms with E-state index in [0.717, 1.165) is 36.8 Å². The standard InChI is InChI=1S/C22H21NO3/c24-21(23-19-12-13-19)20(16-7-2-1-3-8-16)26-22(25)18-11-10-15-6-4-5-9-17(15)14-18/h1-4,6-8,10-11,14,19-20H,5,9,12-13H2,(H,23,24). The molecule has 2 aliphatic rings. The molecule has 2 aliphatic carbocycles. The van der Waals surface area contributed by atoms with Gasteiger partial charge in [0.1, 0.15) is 0 Å². The van der Waals surface area contributed by atoms with Crippen molar-refractivity contribution < 1.29 is 14.3 Å². The Labute approximate surface area is 152 Å². The first-order chi connectivity index (χ1) is 12.7. The van der Waals surface area contributed by atoms with E-state index in [0.29, 0.717) is 11.1 Å². The zero-order valence-corrected chi connectivity index (χ0v) is 14.5. The second-order valence-electron chi connectivity index (χ2n) is 6.83. The minimum atomic E-state index is -0.930. The van der Waals surface area contributed by atoms with Crippen LogP contribution in [-0.2, 0) is 16.0 Å². The maximum Gasteiger partial charge on any atom is 0.339 e. The van der Waals surface area contributed by atoms with Crippen LogP contribution in [0.3, 0.4) is 0 Å². The largest absolute Gasteiger partial charge is 0.444 e. The van der Waals surface area contributed by atoms with Gasteiger partial charge in [-0.3, -0.25) is 4.79 Å². The van der Waals surface area contributed by atoms with Crippen molar-refractivity contribution in [2.24, 2.45) is 0 Å². The molecule has 132 valence electrons. The first-order valence-corrected chi connectivity index (χ1v) is 9.06. The molecule has 1 N–H and O–H groups in total. The second-order valence-corrected chi connectivity index (χ2v) is 6.83. The van der Waals surface area contributed by atoms with Gasteiger partial charge < -0.3 is 10.1 Å². The van der Waals surface area contributed by atoms with E-state index in [1.165, 1.54) is 0 Å². The Morgan fingerprint density at radius 2 is 1.88 bits per heavy atom. The summed E-state index contributed by atoms with van der Waals surface area (Å²) in [6.07, 6.45) is 7.14. The average molecular weight is 347 g/mol. The van der Waals surface area contributed by atoms with Gasteiger partial charge in [0.05, 0.1) is 5.56 Å². The zero-order valence-electron chi connectivity index (χ0n) is 14.5. The lowest BCUT2D eigenvalue weighted by Crippen LogP contribution is -2.33. The molecule has 0 bridgehead atoms. The van der Waals surface area contributed by atoms with Crippen LogP contribution in [0.4, 0.5) is 0 Å². The predicted molar refractivity (Wildman–Crippen MR) is 99.6 cm³/mol. The maximum absolute atomic E-state index is 12.7. The number of hydrogen-bond donors (Lipinski definition) is 1. The number of aryl methyl sites for hydroxylation is 1. The number of ether oxygens (including phenoxy) is 1. The fourth-order valence-electron chi connectivity index (χ4n) is 3.14. The summed E-state index contributed by atoms with van der Waals surface area (Å²) in [5.74, 6) is -0.727. The van der Waals surface area contributed by atoms with Gasteiger partial charge in [-0.2, -0.15) is 0 Å². The van der Waals surface area contributed by atoms with Crippen molar-refractivity contribution in [2.75, 3.05) is 0 Å². The summed E-state index contributed by atoms with van der Waals surface area (Å²) >= 11 is 0. The van der Waals surface area contributed by atoms with Gasteiger partial charge >= 0.3 is 5.97 Å². The molecule has 4 nitrogen and oxygen atoms in total. The van der Waals surface area contributed by atoms with Gasteiger partial charge in [0.2, 0.25) is 6.10 Å². The molecule has 1 amide bonds. The summed E-state index contributed by atoms with van der Waals surface area (Å²) in [7, 11) is 0. The molecule has 26 heavy (non-hydrogen) atoms. The van der Waals surface area contributed by atoms with E-state index in [4.69, 9.17) is 4.74 Å². The highest BCUT2D eigenvalue weighted by Crippen LogP contribution is 2.25. The summed E-state index contributed by atoms with van der Waals surface area (Å²) in [5, 5.41) is 2.93. The predicted octanol–water partition coefficient (Wildman–Crippen LogP) is 3.82. The molecule has 4 heteroatoms. The average Bonchev–Trinajstić information content (AvgIpc) is 3.50. The number of hydrogen-bond acceptors (Lipinski definition) is 3. The molecule has 1 unspecified atom stereocenters. The molecule has 1 fully saturated rings. The number of allylic oxidation sites excluding steroid dienone is 1. The maximum atomic E-state index is 12.7. The molecule has 0 radical (unpaired) electrons. The van der Waals surface area contributed by atoms with E-state index in [2.05, 4.69) is 17.5 Å². The van der Waals surface area contributed by atoms with Crippen molar-refractivity contribution in [1.82, 2.24) is 5.32 Å². The van der Waals surface area contributed by atoms with Crippen LogP contribution in [0.5, 0.6) is 0 Å². The first kappa shape index (κ1) is 16.6. The smallest absolute Gasteiger partial charge is 0.339 e. The third-order valence-corrected chi connectivity index (χ3v) is 4.75. The van der Waals surface area contributed by atoms with Gasteiger partial charge in [-0.05, 0) is 48.9 Å². The van der Waals surface area contributed by atoms with E-state index >= 15 is 0 Å². The van der Waals surface area contributed by atoms with E-state index < -0.39 is 12.1 Å². The highest BCUT2D eigenvalue weighted by molar-refractivity contribution is 5.93. The molecule has 1 atom stereocenters. The SMILES string of the molecule is O=C(OC(C(=O)NC1CC1)c1ccccc1)c1ccc2c(c1)CCC=C2. The van der Waals surface area contributed by atoms with E-state index in [1.807, 2.05) is 42.5 Å². The molecule has 2 aromatic rings. The molecule has 0 heterocycles. The summed E-state index contributed by atoms with van der Waals surface area (Å²) in [5.41, 5.74) is 3.44. The Morgan fingerprint density at radius 1 is 1.08 bits per heavy atom. The number of fused-ring (bicyclic) bond motifs is 1. The summed E-state index contributed by atoms with van der Waals surface area (Å²) in [6.45, 7) is 0. The fraction of sp³-hybridized carbons (Fsp3) is 0.273. The van der Waals surface area contributed by atoms with Crippen LogP contribution >= 0.6 is 0 Å². The van der Waals surface area contributed by atoms with Crippen molar-refractivity contribution in [3.8, 4) is 0 Å². The molecular formula is C22H21NO3. The van der Waals surface area contributed by atoms with Gasteiger partial charge in [0, 0.05) is 11.6 Å². The lowest BCUT2D eigenvalue weighted by molar-refractivity contribution is -0.130. The van der Waals surface area contributed by atoms with E-state index in [9.17, 15) is 9.59 Å². The van der Waals surface area contributed by atoms with Crippen LogP contribution in [-0.4, -0.2) is 17.9 Å². The van der Waals surface area contributed by atoms with Crippen LogP contribution in [0.25, 0.3) is 6.08 Å². The number of nitrogens with one attached hydrogen (secondary N) is 1. The van der Waals surface area contributed by atoms with Crippen molar-refractivity contribution in [1.29, 1.82) is 0 Å². The summed E-state index contributed by atoms with van der Waals surface area (Å²) < 4.78 is 5.64. The molecule has 2 aromatic carbocycles. The molecule has 0 saturated heterocycles. The first-order valence-electron chi connectivity index (χ1n) is 9.06. The minimum Gasteiger partial charge on any atom is -0.444 e. The molecule has 0 aromatic heterocycles. The van der Waals surface area contributed by atoms with Gasteiger partial charge in [-0.25, -0.2) is 4.79 Å². The van der Waals surface area contributed by atoms with E-state index in [1.54, 1.807) is 6.07 Å². The quantitative estimate of drug-likeness (QED) is 0.837. The number of carbonyl (C=O) groups excluding carboxylic acids is 2. The Kier molecular flexibility index (Phi) is 4.57. The van der Waals surface area contributed by atoms with Crippen LogP contribution in [0.2, 0.25) is 0 Å². The number of esters is 1. The number of rotatable bonds is 5. The zero-order chi connectivity index (χ0) is 17.9. The van der Waals surface area contributed by atoms with Crippen molar-refractivity contribution in [3.63, 3.8) is 0 Å². The minimum absolute atomic E-state index is 0.211. The van der Waals surface area contributed by atoms with Crippen LogP contribution in [0.1, 0.15) is 52.4 Å². The Morgan fingerprint density at radius 3 is 2.65 bits per heavy atom. The van der Waals surface area contributed by atoms with Gasteiger partial charge in [0.15, 0.2) is 0 Å². The van der Waals surface area contributed by atoms with Crippen molar-refractivity contribution in [2.45, 2.75) is 37.8 Å². The highest BCUT2D eigenvalue weighted by atomic mass is 16.5. The summed E-state index contributed by atoms with van der Waals surface area (Å²) in [6, 6.07) is 15.0. The van der Waals surface area contributed by atoms with E-state index in [-0.39, 0.29) is 11.9 Å². The molecule has 0 spiro atoms. The lowest BCUT2D eigenvalue weighted by atomic mass is 9.95. The number of benzene rings is 2. The lowest BCUT2D eigenvalue weighted by Gasteiger charge is -2.19. The Bertz CT molecular complexity index is 853. The van der Waals surface area contributed by atoms with Crippen LogP contribution in [0, 0.1) is 0 Å². The molecular weight excluding hydrogens is 326 g/mol.